The van der Waals surface area contributed by atoms with Crippen molar-refractivity contribution < 1.29 is 13.2 Å². The highest BCUT2D eigenvalue weighted by atomic mass is 19.4. The second-order valence-corrected chi connectivity index (χ2v) is 4.99. The van der Waals surface area contributed by atoms with E-state index in [1.54, 1.807) is 0 Å². The number of nitrogen functional groups attached to an aromatic ring is 1. The van der Waals surface area contributed by atoms with Crippen molar-refractivity contribution in [2.75, 3.05) is 5.73 Å². The van der Waals surface area contributed by atoms with Crippen molar-refractivity contribution >= 4 is 5.69 Å². The van der Waals surface area contributed by atoms with Gasteiger partial charge < -0.3 is 5.73 Å². The Balaban J connectivity index is 2.77. The third-order valence-corrected chi connectivity index (χ3v) is 3.39. The molecule has 21 heavy (non-hydrogen) atoms. The van der Waals surface area contributed by atoms with Crippen molar-refractivity contribution in [3.8, 4) is 0 Å². The maximum atomic E-state index is 12.8. The van der Waals surface area contributed by atoms with Crippen LogP contribution in [0.3, 0.4) is 0 Å². The number of alkyl halides is 3. The lowest BCUT2D eigenvalue weighted by atomic mass is 9.97. The predicted octanol–water partition coefficient (Wildman–Crippen LogP) is 3.93. The number of nitrogens with one attached hydrogen (secondary N) is 1. The van der Waals surface area contributed by atoms with Crippen LogP contribution in [0.2, 0.25) is 0 Å². The number of benzene rings is 1. The van der Waals surface area contributed by atoms with Gasteiger partial charge in [-0.15, -0.1) is 6.58 Å². The Bertz CT molecular complexity index is 458. The fourth-order valence-corrected chi connectivity index (χ4v) is 2.20. The van der Waals surface area contributed by atoms with Crippen LogP contribution in [0.4, 0.5) is 18.9 Å². The maximum absolute atomic E-state index is 12.8. The van der Waals surface area contributed by atoms with Gasteiger partial charge >= 0.3 is 6.18 Å². The van der Waals surface area contributed by atoms with Gasteiger partial charge in [0.25, 0.3) is 0 Å². The normalized spacial score (nSPS) is 13.1. The summed E-state index contributed by atoms with van der Waals surface area (Å²) in [5, 5.41) is 0. The summed E-state index contributed by atoms with van der Waals surface area (Å²) in [5.41, 5.74) is 8.35. The number of allylic oxidation sites excluding steroid dienone is 1. The Morgan fingerprint density at radius 1 is 1.24 bits per heavy atom. The zero-order valence-electron chi connectivity index (χ0n) is 11.9. The largest absolute Gasteiger partial charge is 0.416 e. The van der Waals surface area contributed by atoms with Gasteiger partial charge in [-0.1, -0.05) is 18.9 Å². The van der Waals surface area contributed by atoms with Crippen LogP contribution in [-0.2, 0) is 6.18 Å². The molecule has 1 rings (SSSR count). The van der Waals surface area contributed by atoms with Gasteiger partial charge in [0.05, 0.1) is 5.56 Å². The van der Waals surface area contributed by atoms with Crippen molar-refractivity contribution in [2.45, 2.75) is 44.3 Å². The van der Waals surface area contributed by atoms with Crippen LogP contribution >= 0.6 is 0 Å². The first kappa shape index (κ1) is 17.5. The molecule has 6 heteroatoms. The van der Waals surface area contributed by atoms with Crippen LogP contribution in [0.1, 0.15) is 49.3 Å². The number of hydrogen-bond acceptors (Lipinski definition) is 3. The van der Waals surface area contributed by atoms with Gasteiger partial charge in [-0.2, -0.15) is 13.2 Å². The fraction of sp³-hybridized carbons (Fsp3) is 0.467. The summed E-state index contributed by atoms with van der Waals surface area (Å²) in [5.74, 6) is 5.47. The molecule has 118 valence electrons. The van der Waals surface area contributed by atoms with Gasteiger partial charge in [-0.05, 0) is 43.0 Å². The van der Waals surface area contributed by atoms with Crippen LogP contribution in [0, 0.1) is 0 Å². The highest BCUT2D eigenvalue weighted by Gasteiger charge is 2.31. The minimum absolute atomic E-state index is 0.317. The van der Waals surface area contributed by atoms with E-state index in [0.717, 1.165) is 37.8 Å². The summed E-state index contributed by atoms with van der Waals surface area (Å²) in [6.07, 6.45) is 1.89. The van der Waals surface area contributed by atoms with E-state index in [9.17, 15) is 13.2 Å². The monoisotopic (exact) mass is 301 g/mol. The van der Waals surface area contributed by atoms with E-state index >= 15 is 0 Å². The first-order chi connectivity index (χ1) is 9.90. The van der Waals surface area contributed by atoms with E-state index < -0.39 is 11.7 Å². The first-order valence-corrected chi connectivity index (χ1v) is 6.93. The Labute approximate surface area is 123 Å². The van der Waals surface area contributed by atoms with Gasteiger partial charge in [0.15, 0.2) is 0 Å². The van der Waals surface area contributed by atoms with E-state index in [0.29, 0.717) is 17.7 Å². The molecule has 0 heterocycles. The van der Waals surface area contributed by atoms with Crippen LogP contribution < -0.4 is 17.0 Å². The Morgan fingerprint density at radius 3 is 2.52 bits per heavy atom. The van der Waals surface area contributed by atoms with Crippen LogP contribution in [0.5, 0.6) is 0 Å². The number of anilines is 1. The Morgan fingerprint density at radius 2 is 1.95 bits per heavy atom. The number of hydrogen-bond donors (Lipinski definition) is 3. The summed E-state index contributed by atoms with van der Waals surface area (Å²) < 4.78 is 38.3. The highest BCUT2D eigenvalue weighted by molar-refractivity contribution is 5.50. The van der Waals surface area contributed by atoms with Gasteiger partial charge in [0, 0.05) is 11.7 Å². The molecular formula is C15H22F3N3. The molecule has 0 amide bonds. The molecule has 3 nitrogen and oxygen atoms in total. The van der Waals surface area contributed by atoms with Crippen molar-refractivity contribution in [2.24, 2.45) is 5.84 Å². The third kappa shape index (κ3) is 5.40. The number of halogens is 3. The van der Waals surface area contributed by atoms with E-state index in [4.69, 9.17) is 11.6 Å². The molecule has 5 N–H and O–H groups in total. The molecule has 0 fully saturated rings. The molecule has 0 spiro atoms. The molecule has 0 saturated heterocycles. The molecule has 1 aromatic carbocycles. The van der Waals surface area contributed by atoms with E-state index in [-0.39, 0.29) is 6.04 Å². The number of unbranched alkanes of at least 4 members (excludes halogenated alkanes) is 3. The molecule has 0 aromatic heterocycles. The zero-order chi connectivity index (χ0) is 15.9. The third-order valence-electron chi connectivity index (χ3n) is 3.39. The molecule has 0 bridgehead atoms. The quantitative estimate of drug-likeness (QED) is 0.224. The molecule has 0 radical (unpaired) electrons. The number of nitrogens with two attached hydrogens (primary N) is 2. The van der Waals surface area contributed by atoms with Gasteiger partial charge in [0.2, 0.25) is 0 Å². The fourth-order valence-electron chi connectivity index (χ4n) is 2.20. The smallest absolute Gasteiger partial charge is 0.398 e. The second-order valence-electron chi connectivity index (χ2n) is 4.99. The lowest BCUT2D eigenvalue weighted by Crippen LogP contribution is -2.29. The molecule has 1 atom stereocenters. The molecule has 1 unspecified atom stereocenters. The molecular weight excluding hydrogens is 279 g/mol. The molecule has 0 aliphatic rings. The lowest BCUT2D eigenvalue weighted by Gasteiger charge is -2.20. The summed E-state index contributed by atoms with van der Waals surface area (Å²) in [4.78, 5) is 0. The Hall–Kier alpha value is -1.53. The van der Waals surface area contributed by atoms with E-state index in [1.165, 1.54) is 6.07 Å². The summed E-state index contributed by atoms with van der Waals surface area (Å²) in [6.45, 7) is 3.65. The zero-order valence-corrected chi connectivity index (χ0v) is 11.9. The maximum Gasteiger partial charge on any atom is 0.416 e. The molecule has 1 aromatic rings. The minimum Gasteiger partial charge on any atom is -0.398 e. The molecule has 0 saturated carbocycles. The lowest BCUT2D eigenvalue weighted by molar-refractivity contribution is -0.137. The first-order valence-electron chi connectivity index (χ1n) is 6.93. The second kappa shape index (κ2) is 8.05. The summed E-state index contributed by atoms with van der Waals surface area (Å²) in [7, 11) is 0. The molecule has 0 aliphatic heterocycles. The van der Waals surface area contributed by atoms with Crippen LogP contribution in [-0.4, -0.2) is 0 Å². The van der Waals surface area contributed by atoms with Crippen molar-refractivity contribution in [1.29, 1.82) is 0 Å². The number of rotatable bonds is 8. The molecule has 0 aliphatic carbocycles. The van der Waals surface area contributed by atoms with Crippen LogP contribution in [0.25, 0.3) is 0 Å². The highest BCUT2D eigenvalue weighted by Crippen LogP contribution is 2.34. The van der Waals surface area contributed by atoms with E-state index in [1.807, 2.05) is 6.08 Å². The summed E-state index contributed by atoms with van der Waals surface area (Å²) in [6, 6.07) is 2.95. The van der Waals surface area contributed by atoms with Gasteiger partial charge in [0.1, 0.15) is 0 Å². The van der Waals surface area contributed by atoms with Gasteiger partial charge in [-0.3, -0.25) is 11.3 Å². The predicted molar refractivity (Wildman–Crippen MR) is 79.2 cm³/mol. The standard InChI is InChI=1S/C15H22F3N3/c1-2-3-4-5-6-7-14(21-20)12-10-11(15(16,17)18)8-9-13(12)19/h2,8-10,14,21H,1,3-7,19-20H2. The topological polar surface area (TPSA) is 64.1 Å². The van der Waals surface area contributed by atoms with Crippen LogP contribution in [0.15, 0.2) is 30.9 Å². The Kier molecular flexibility index (Phi) is 6.71. The van der Waals surface area contributed by atoms with Crippen molar-refractivity contribution in [1.82, 2.24) is 5.43 Å². The summed E-state index contributed by atoms with van der Waals surface area (Å²) >= 11 is 0. The number of hydrazine groups is 1. The van der Waals surface area contributed by atoms with Crippen molar-refractivity contribution in [3.63, 3.8) is 0 Å². The van der Waals surface area contributed by atoms with Gasteiger partial charge in [-0.25, -0.2) is 0 Å². The van der Waals surface area contributed by atoms with E-state index in [2.05, 4.69) is 12.0 Å². The average Bonchev–Trinajstić information content (AvgIpc) is 2.43. The SMILES string of the molecule is C=CCCCCCC(NN)c1cc(C(F)(F)F)ccc1N. The van der Waals surface area contributed by atoms with Crippen molar-refractivity contribution in [3.05, 3.63) is 42.0 Å². The average molecular weight is 301 g/mol. The minimum atomic E-state index is -4.38.